The molecule has 0 aromatic carbocycles. The second-order valence-electron chi connectivity index (χ2n) is 8.13. The Bertz CT molecular complexity index is 429. The van der Waals surface area contributed by atoms with Crippen LogP contribution in [0.4, 0.5) is 0 Å². The van der Waals surface area contributed by atoms with Crippen molar-refractivity contribution in [1.29, 1.82) is 0 Å². The van der Waals surface area contributed by atoms with E-state index in [4.69, 9.17) is 0 Å². The first-order valence-electron chi connectivity index (χ1n) is 7.99. The summed E-state index contributed by atoms with van der Waals surface area (Å²) in [6.45, 7) is 14.9. The fourth-order valence-electron chi connectivity index (χ4n) is 4.19. The lowest BCUT2D eigenvalue weighted by Crippen LogP contribution is -2.44. The minimum absolute atomic E-state index is 0.380. The summed E-state index contributed by atoms with van der Waals surface area (Å²) in [4.78, 5) is 0. The quantitative estimate of drug-likeness (QED) is 0.895. The third-order valence-electron chi connectivity index (χ3n) is 4.52. The van der Waals surface area contributed by atoms with E-state index in [9.17, 15) is 0 Å². The maximum absolute atomic E-state index is 4.38. The molecular weight excluding hydrogens is 246 g/mol. The molecule has 3 nitrogen and oxygen atoms in total. The second-order valence-corrected chi connectivity index (χ2v) is 8.13. The number of rotatable bonds is 4. The van der Waals surface area contributed by atoms with E-state index in [1.807, 2.05) is 10.9 Å². The van der Waals surface area contributed by atoms with Crippen molar-refractivity contribution in [3.63, 3.8) is 0 Å². The van der Waals surface area contributed by atoms with Crippen LogP contribution in [0.3, 0.4) is 0 Å². The van der Waals surface area contributed by atoms with Gasteiger partial charge in [0, 0.05) is 30.4 Å². The van der Waals surface area contributed by atoms with Gasteiger partial charge < -0.3 is 5.32 Å². The maximum atomic E-state index is 4.38. The van der Waals surface area contributed by atoms with Gasteiger partial charge in [0.25, 0.3) is 0 Å². The van der Waals surface area contributed by atoms with E-state index in [-0.39, 0.29) is 0 Å². The summed E-state index contributed by atoms with van der Waals surface area (Å²) in [6, 6.07) is 0.985. The minimum atomic E-state index is 0.380. The Labute approximate surface area is 124 Å². The molecule has 0 bridgehead atoms. The molecule has 1 unspecified atom stereocenters. The zero-order valence-corrected chi connectivity index (χ0v) is 14.0. The Hall–Kier alpha value is -0.830. The fourth-order valence-corrected chi connectivity index (χ4v) is 4.19. The van der Waals surface area contributed by atoms with Crippen molar-refractivity contribution < 1.29 is 0 Å². The van der Waals surface area contributed by atoms with Gasteiger partial charge in [-0.2, -0.15) is 5.10 Å². The molecule has 1 aliphatic rings. The second kappa shape index (κ2) is 5.51. The molecule has 0 aliphatic heterocycles. The highest BCUT2D eigenvalue weighted by molar-refractivity contribution is 5.10. The van der Waals surface area contributed by atoms with Crippen molar-refractivity contribution in [2.75, 3.05) is 0 Å². The lowest BCUT2D eigenvalue weighted by atomic mass is 9.63. The largest absolute Gasteiger partial charge is 0.307 e. The van der Waals surface area contributed by atoms with Crippen molar-refractivity contribution in [2.45, 2.75) is 79.4 Å². The molecule has 3 heteroatoms. The summed E-state index contributed by atoms with van der Waals surface area (Å²) in [6.07, 6.45) is 8.02. The monoisotopic (exact) mass is 277 g/mol. The Morgan fingerprint density at radius 2 is 1.90 bits per heavy atom. The summed E-state index contributed by atoms with van der Waals surface area (Å²) in [5, 5.41) is 8.21. The molecule has 1 aromatic rings. The molecule has 0 amide bonds. The molecule has 1 aromatic heterocycles. The molecule has 114 valence electrons. The number of aromatic nitrogens is 2. The number of nitrogens with zero attached hydrogens (tertiary/aromatic N) is 2. The van der Waals surface area contributed by atoms with Crippen LogP contribution in [0.5, 0.6) is 0 Å². The Kier molecular flexibility index (Phi) is 4.29. The van der Waals surface area contributed by atoms with Gasteiger partial charge in [0.05, 0.1) is 6.20 Å². The first kappa shape index (κ1) is 15.6. The Morgan fingerprint density at radius 3 is 2.40 bits per heavy atom. The van der Waals surface area contributed by atoms with Crippen LogP contribution in [0.2, 0.25) is 0 Å². The van der Waals surface area contributed by atoms with Crippen LogP contribution in [-0.2, 0) is 6.54 Å². The van der Waals surface area contributed by atoms with Gasteiger partial charge in [0.1, 0.15) is 0 Å². The van der Waals surface area contributed by atoms with Gasteiger partial charge in [0.2, 0.25) is 0 Å². The van der Waals surface area contributed by atoms with Crippen LogP contribution in [0.15, 0.2) is 12.4 Å². The molecule has 1 atom stereocenters. The van der Waals surface area contributed by atoms with Crippen molar-refractivity contribution in [3.05, 3.63) is 18.0 Å². The Balaban J connectivity index is 2.01. The molecule has 1 fully saturated rings. The smallest absolute Gasteiger partial charge is 0.0537 e. The van der Waals surface area contributed by atoms with E-state index in [1.54, 1.807) is 0 Å². The average Bonchev–Trinajstić information content (AvgIpc) is 2.72. The average molecular weight is 277 g/mol. The molecule has 0 radical (unpaired) electrons. The van der Waals surface area contributed by atoms with Gasteiger partial charge >= 0.3 is 0 Å². The number of hydrogen-bond acceptors (Lipinski definition) is 2. The van der Waals surface area contributed by atoms with Gasteiger partial charge in [-0.25, -0.2) is 0 Å². The van der Waals surface area contributed by atoms with E-state index >= 15 is 0 Å². The minimum Gasteiger partial charge on any atom is -0.307 e. The molecular formula is C17H31N3. The fraction of sp³-hybridized carbons (Fsp3) is 0.824. The summed E-state index contributed by atoms with van der Waals surface area (Å²) in [5.41, 5.74) is 2.17. The highest BCUT2D eigenvalue weighted by Gasteiger charge is 2.38. The standard InChI is InChI=1S/C17H31N3/c1-7-20-11-14(10-18-20)13(2)19-15-8-16(3,4)12-17(5,6)9-15/h10-11,13,15,19H,7-9,12H2,1-6H3. The summed E-state index contributed by atoms with van der Waals surface area (Å²) >= 11 is 0. The van der Waals surface area contributed by atoms with Crippen molar-refractivity contribution >= 4 is 0 Å². The molecule has 1 N–H and O–H groups in total. The normalized spacial score (nSPS) is 23.7. The number of aryl methyl sites for hydroxylation is 1. The lowest BCUT2D eigenvalue weighted by Gasteiger charge is -2.46. The molecule has 1 saturated carbocycles. The highest BCUT2D eigenvalue weighted by atomic mass is 15.3. The predicted molar refractivity (Wildman–Crippen MR) is 84.7 cm³/mol. The van der Waals surface area contributed by atoms with E-state index in [2.05, 4.69) is 58.2 Å². The lowest BCUT2D eigenvalue weighted by molar-refractivity contribution is 0.0811. The third-order valence-corrected chi connectivity index (χ3v) is 4.52. The summed E-state index contributed by atoms with van der Waals surface area (Å²) < 4.78 is 2.00. The molecule has 20 heavy (non-hydrogen) atoms. The zero-order chi connectivity index (χ0) is 15.0. The van der Waals surface area contributed by atoms with Crippen LogP contribution >= 0.6 is 0 Å². The van der Waals surface area contributed by atoms with Gasteiger partial charge in [-0.05, 0) is 43.9 Å². The highest BCUT2D eigenvalue weighted by Crippen LogP contribution is 2.46. The molecule has 1 aliphatic carbocycles. The van der Waals surface area contributed by atoms with Crippen LogP contribution in [0.1, 0.15) is 72.4 Å². The van der Waals surface area contributed by atoms with Gasteiger partial charge in [0.15, 0.2) is 0 Å². The SMILES string of the molecule is CCn1cc(C(C)NC2CC(C)(C)CC(C)(C)C2)cn1. The van der Waals surface area contributed by atoms with Gasteiger partial charge in [-0.15, -0.1) is 0 Å². The summed E-state index contributed by atoms with van der Waals surface area (Å²) in [5.74, 6) is 0. The van der Waals surface area contributed by atoms with Crippen molar-refractivity contribution in [3.8, 4) is 0 Å². The maximum Gasteiger partial charge on any atom is 0.0537 e. The van der Waals surface area contributed by atoms with Gasteiger partial charge in [-0.1, -0.05) is 27.7 Å². The van der Waals surface area contributed by atoms with E-state index in [0.29, 0.717) is 22.9 Å². The van der Waals surface area contributed by atoms with Crippen LogP contribution in [0, 0.1) is 10.8 Å². The van der Waals surface area contributed by atoms with Crippen LogP contribution in [0.25, 0.3) is 0 Å². The zero-order valence-electron chi connectivity index (χ0n) is 14.0. The van der Waals surface area contributed by atoms with E-state index in [1.165, 1.54) is 24.8 Å². The Morgan fingerprint density at radius 1 is 1.30 bits per heavy atom. The van der Waals surface area contributed by atoms with E-state index < -0.39 is 0 Å². The topological polar surface area (TPSA) is 29.9 Å². The van der Waals surface area contributed by atoms with Crippen molar-refractivity contribution in [1.82, 2.24) is 15.1 Å². The molecule has 1 heterocycles. The molecule has 0 spiro atoms. The summed E-state index contributed by atoms with van der Waals surface area (Å²) in [7, 11) is 0. The molecule has 0 saturated heterocycles. The number of hydrogen-bond donors (Lipinski definition) is 1. The molecule has 2 rings (SSSR count). The third kappa shape index (κ3) is 3.85. The van der Waals surface area contributed by atoms with Crippen LogP contribution in [-0.4, -0.2) is 15.8 Å². The first-order chi connectivity index (χ1) is 9.21. The van der Waals surface area contributed by atoms with Crippen molar-refractivity contribution in [2.24, 2.45) is 10.8 Å². The van der Waals surface area contributed by atoms with Crippen LogP contribution < -0.4 is 5.32 Å². The number of nitrogens with one attached hydrogen (secondary N) is 1. The predicted octanol–water partition coefficient (Wildman–Crippen LogP) is 4.16. The first-order valence-corrected chi connectivity index (χ1v) is 7.99. The van der Waals surface area contributed by atoms with E-state index in [0.717, 1.165) is 6.54 Å². The van der Waals surface area contributed by atoms with Gasteiger partial charge in [-0.3, -0.25) is 4.68 Å².